The number of fused-ring (bicyclic) bond motifs is 3. The van der Waals surface area contributed by atoms with E-state index >= 15 is 0 Å². The fraction of sp³-hybridized carbons (Fsp3) is 0.519. The molecule has 7 N–H and O–H groups in total. The first kappa shape index (κ1) is 26.7. The van der Waals surface area contributed by atoms with Crippen molar-refractivity contribution in [1.29, 1.82) is 0 Å². The molecule has 0 spiro atoms. The van der Waals surface area contributed by atoms with E-state index < -0.39 is 70.1 Å². The Kier molecular flexibility index (Phi) is 6.62. The van der Waals surface area contributed by atoms with Gasteiger partial charge >= 0.3 is 0 Å². The van der Waals surface area contributed by atoms with E-state index in [-0.39, 0.29) is 16.9 Å². The van der Waals surface area contributed by atoms with Crippen molar-refractivity contribution in [1.82, 2.24) is 4.90 Å². The predicted octanol–water partition coefficient (Wildman–Crippen LogP) is 1.15. The first-order valence-electron chi connectivity index (χ1n) is 12.7. The molecular weight excluding hydrogens is 512 g/mol. The van der Waals surface area contributed by atoms with Gasteiger partial charge in [0.2, 0.25) is 5.78 Å². The van der Waals surface area contributed by atoms with Gasteiger partial charge in [-0.15, -0.1) is 0 Å². The number of benzene rings is 1. The van der Waals surface area contributed by atoms with E-state index in [4.69, 9.17) is 5.73 Å². The van der Waals surface area contributed by atoms with Crippen LogP contribution in [0.1, 0.15) is 42.7 Å². The molecule has 0 radical (unpaired) electrons. The zero-order valence-electron chi connectivity index (χ0n) is 21.1. The lowest BCUT2D eigenvalue weighted by molar-refractivity contribution is -0.169. The Morgan fingerprint density at radius 2 is 1.82 bits per heavy atom. The lowest BCUT2D eigenvalue weighted by atomic mass is 9.54. The van der Waals surface area contributed by atoms with Crippen LogP contribution in [0.15, 0.2) is 35.1 Å². The molecular formula is C27H32N2O8S. The van der Waals surface area contributed by atoms with Crippen LogP contribution in [0.3, 0.4) is 0 Å². The number of thioether (sulfide) groups is 1. The van der Waals surface area contributed by atoms with E-state index in [1.54, 1.807) is 23.9 Å². The average molecular weight is 545 g/mol. The van der Waals surface area contributed by atoms with Crippen LogP contribution in [-0.4, -0.2) is 90.8 Å². The van der Waals surface area contributed by atoms with Crippen molar-refractivity contribution in [3.8, 4) is 5.75 Å². The maximum atomic E-state index is 14.1. The molecule has 6 atom stereocenters. The number of ketones is 2. The third-order valence-electron chi connectivity index (χ3n) is 8.61. The van der Waals surface area contributed by atoms with Crippen LogP contribution >= 0.6 is 11.8 Å². The third-order valence-corrected chi connectivity index (χ3v) is 10.1. The molecule has 1 amide bonds. The Labute approximate surface area is 223 Å². The number of likely N-dealkylation sites (N-methyl/N-ethyl adjacent to an activating group) is 1. The van der Waals surface area contributed by atoms with E-state index in [2.05, 4.69) is 0 Å². The molecule has 4 aliphatic rings. The molecule has 0 aliphatic heterocycles. The molecule has 10 nitrogen and oxygen atoms in total. The summed E-state index contributed by atoms with van der Waals surface area (Å²) >= 11 is 1.69. The molecule has 1 aromatic carbocycles. The van der Waals surface area contributed by atoms with Crippen molar-refractivity contribution in [3.05, 3.63) is 46.2 Å². The summed E-state index contributed by atoms with van der Waals surface area (Å²) in [5.74, 6) is -8.22. The number of aromatic hydroxyl groups is 1. The normalized spacial score (nSPS) is 33.4. The highest BCUT2D eigenvalue weighted by molar-refractivity contribution is 7.99. The van der Waals surface area contributed by atoms with E-state index in [1.165, 1.54) is 25.1 Å². The molecule has 2 fully saturated rings. The van der Waals surface area contributed by atoms with Crippen molar-refractivity contribution in [2.75, 3.05) is 19.8 Å². The van der Waals surface area contributed by atoms with Gasteiger partial charge in [0.05, 0.1) is 23.6 Å². The van der Waals surface area contributed by atoms with Crippen LogP contribution in [-0.2, 0) is 14.4 Å². The zero-order valence-corrected chi connectivity index (χ0v) is 21.9. The van der Waals surface area contributed by atoms with Crippen molar-refractivity contribution in [3.63, 3.8) is 0 Å². The number of phenols is 1. The molecule has 0 heterocycles. The number of primary amides is 1. The van der Waals surface area contributed by atoms with Gasteiger partial charge < -0.3 is 31.3 Å². The van der Waals surface area contributed by atoms with Crippen LogP contribution in [0.25, 0.3) is 5.76 Å². The van der Waals surface area contributed by atoms with Gasteiger partial charge in [0.15, 0.2) is 11.4 Å². The standard InChI is InChI=1S/C27H32N2O8S/c1-29(2)20-19-22(32)16-13(10-38-11-6-3-4-7-11)12-8-5-9-14(30)15(12)21(31)17(16)24(34)27(19,37)25(35)18(23(20)33)26(28)36/h5,8-9,11,13,16,19-20,22,30-32,35,37H,3-4,6-7,10H2,1-2H3,(H2,28,36)/t13?,16?,19?,20-,22?,27-/m0/s1. The van der Waals surface area contributed by atoms with E-state index in [0.717, 1.165) is 25.7 Å². The Hall–Kier alpha value is -2.86. The van der Waals surface area contributed by atoms with Gasteiger partial charge in [-0.25, -0.2) is 0 Å². The summed E-state index contributed by atoms with van der Waals surface area (Å²) in [6, 6.07) is 3.34. The molecule has 4 aliphatic carbocycles. The van der Waals surface area contributed by atoms with Crippen LogP contribution in [0.5, 0.6) is 5.75 Å². The first-order valence-corrected chi connectivity index (χ1v) is 13.7. The van der Waals surface area contributed by atoms with Crippen molar-refractivity contribution >= 4 is 35.0 Å². The summed E-state index contributed by atoms with van der Waals surface area (Å²) in [7, 11) is 2.98. The second-order valence-corrected chi connectivity index (χ2v) is 12.2. The van der Waals surface area contributed by atoms with Crippen molar-refractivity contribution < 1.29 is 39.9 Å². The van der Waals surface area contributed by atoms with E-state index in [0.29, 0.717) is 16.6 Å². The molecule has 4 unspecified atom stereocenters. The van der Waals surface area contributed by atoms with Gasteiger partial charge in [-0.1, -0.05) is 25.0 Å². The Morgan fingerprint density at radius 1 is 1.16 bits per heavy atom. The predicted molar refractivity (Wildman–Crippen MR) is 139 cm³/mol. The van der Waals surface area contributed by atoms with Gasteiger partial charge in [-0.05, 0) is 38.6 Å². The molecule has 0 bridgehead atoms. The number of nitrogens with zero attached hydrogens (tertiary/aromatic N) is 1. The highest BCUT2D eigenvalue weighted by Crippen LogP contribution is 2.57. The van der Waals surface area contributed by atoms with Gasteiger partial charge in [-0.3, -0.25) is 19.3 Å². The molecule has 2 saturated carbocycles. The van der Waals surface area contributed by atoms with E-state index in [9.17, 15) is 39.9 Å². The molecule has 204 valence electrons. The summed E-state index contributed by atoms with van der Waals surface area (Å²) in [6.45, 7) is 0. The molecule has 11 heteroatoms. The largest absolute Gasteiger partial charge is 0.508 e. The van der Waals surface area contributed by atoms with Gasteiger partial charge in [0.1, 0.15) is 22.8 Å². The number of hydrogen-bond acceptors (Lipinski definition) is 10. The molecule has 38 heavy (non-hydrogen) atoms. The maximum Gasteiger partial charge on any atom is 0.255 e. The number of amides is 1. The molecule has 0 saturated heterocycles. The van der Waals surface area contributed by atoms with Crippen molar-refractivity contribution in [2.45, 2.75) is 54.6 Å². The van der Waals surface area contributed by atoms with Crippen LogP contribution in [0.4, 0.5) is 0 Å². The summed E-state index contributed by atoms with van der Waals surface area (Å²) < 4.78 is 0. The lowest BCUT2D eigenvalue weighted by Gasteiger charge is -2.54. The van der Waals surface area contributed by atoms with Crippen LogP contribution in [0, 0.1) is 11.8 Å². The second-order valence-electron chi connectivity index (χ2n) is 10.8. The smallest absolute Gasteiger partial charge is 0.255 e. The number of carbonyl (C=O) groups is 3. The number of hydrogen-bond donors (Lipinski definition) is 6. The number of Topliss-reactive ketones (excluding diaryl/α,β-unsaturated/α-hetero) is 2. The summed E-state index contributed by atoms with van der Waals surface area (Å²) in [4.78, 5) is 40.9. The van der Waals surface area contributed by atoms with E-state index in [1.807, 2.05) is 0 Å². The number of phenolic OH excluding ortho intramolecular Hbond substituents is 1. The maximum absolute atomic E-state index is 14.1. The summed E-state index contributed by atoms with van der Waals surface area (Å²) in [5.41, 5.74) is 1.74. The number of aliphatic hydroxyl groups is 4. The first-order chi connectivity index (χ1) is 17.9. The Bertz CT molecular complexity index is 1280. The lowest BCUT2D eigenvalue weighted by Crippen LogP contribution is -2.70. The SMILES string of the molecule is CN(C)[C@@H]1C(=O)C(C(N)=O)=C(O)[C@@]2(O)C(=O)C3=C(O)c4c(O)cccc4C(CSC4CCCC4)C3C(O)C12. The van der Waals surface area contributed by atoms with Gasteiger partial charge in [0, 0.05) is 28.4 Å². The number of aliphatic hydroxyl groups excluding tert-OH is 3. The Balaban J connectivity index is 1.73. The highest BCUT2D eigenvalue weighted by Gasteiger charge is 2.68. The minimum absolute atomic E-state index is 0.0213. The zero-order chi connectivity index (χ0) is 27.7. The number of nitrogens with two attached hydrogens (primary N) is 1. The second kappa shape index (κ2) is 9.41. The fourth-order valence-corrected chi connectivity index (χ4v) is 8.42. The minimum Gasteiger partial charge on any atom is -0.508 e. The van der Waals surface area contributed by atoms with Crippen LogP contribution in [0.2, 0.25) is 0 Å². The van der Waals surface area contributed by atoms with Gasteiger partial charge in [0.25, 0.3) is 5.91 Å². The average Bonchev–Trinajstić information content (AvgIpc) is 3.37. The molecule has 1 aromatic rings. The van der Waals surface area contributed by atoms with Crippen LogP contribution < -0.4 is 5.73 Å². The topological polar surface area (TPSA) is 182 Å². The fourth-order valence-electron chi connectivity index (χ4n) is 6.89. The quantitative estimate of drug-likeness (QED) is 0.294. The summed E-state index contributed by atoms with van der Waals surface area (Å²) in [5, 5.41) is 57.1. The summed E-state index contributed by atoms with van der Waals surface area (Å²) in [6.07, 6.45) is 2.72. The van der Waals surface area contributed by atoms with Gasteiger partial charge in [-0.2, -0.15) is 11.8 Å². The highest BCUT2D eigenvalue weighted by atomic mass is 32.2. The monoisotopic (exact) mass is 544 g/mol. The Morgan fingerprint density at radius 3 is 2.42 bits per heavy atom. The molecule has 5 rings (SSSR count). The molecule has 0 aromatic heterocycles. The number of rotatable bonds is 5. The minimum atomic E-state index is -2.91. The van der Waals surface area contributed by atoms with Crippen molar-refractivity contribution in [2.24, 2.45) is 17.6 Å². The third kappa shape index (κ3) is 3.63. The number of carbonyl (C=O) groups excluding carboxylic acids is 3.